The minimum atomic E-state index is -1.37. The highest BCUT2D eigenvalue weighted by Crippen LogP contribution is 2.20. The van der Waals surface area contributed by atoms with Crippen molar-refractivity contribution in [1.82, 2.24) is 26.6 Å². The molecule has 5 aromatic carbocycles. The second-order valence-electron chi connectivity index (χ2n) is 14.5. The van der Waals surface area contributed by atoms with Gasteiger partial charge in [-0.15, -0.1) is 0 Å². The number of rotatable bonds is 9. The molecule has 0 saturated carbocycles. The molecule has 0 spiro atoms. The molecular weight excluding hydrogens is 747 g/mol. The number of carbonyl (C=O) groups excluding carboxylic acids is 5. The molecule has 0 radical (unpaired) electrons. The lowest BCUT2D eigenvalue weighted by molar-refractivity contribution is -0.142. The van der Waals surface area contributed by atoms with Crippen LogP contribution >= 0.6 is 0 Å². The zero-order valence-electron chi connectivity index (χ0n) is 32.4. The van der Waals surface area contributed by atoms with Crippen molar-refractivity contribution in [2.45, 2.75) is 62.7 Å². The van der Waals surface area contributed by atoms with Crippen LogP contribution in [0.5, 0.6) is 0 Å². The van der Waals surface area contributed by atoms with Gasteiger partial charge in [0.1, 0.15) is 24.2 Å². The van der Waals surface area contributed by atoms with Gasteiger partial charge in [0.25, 0.3) is 5.91 Å². The number of carbonyl (C=O) groups is 6. The Labute approximate surface area is 342 Å². The van der Waals surface area contributed by atoms with Crippen molar-refractivity contribution in [2.24, 2.45) is 0 Å². The summed E-state index contributed by atoms with van der Waals surface area (Å²) in [4.78, 5) is 81.4. The lowest BCUT2D eigenvalue weighted by Crippen LogP contribution is -2.59. The molecule has 0 unspecified atom stereocenters. The first-order valence-corrected chi connectivity index (χ1v) is 19.6. The molecule has 4 atom stereocenters. The average molecular weight is 794 g/mol. The Balaban J connectivity index is 1.33. The maximum absolute atomic E-state index is 14.4. The fourth-order valence-electron chi connectivity index (χ4n) is 6.90. The van der Waals surface area contributed by atoms with Crippen LogP contribution in [-0.2, 0) is 49.7 Å². The highest BCUT2D eigenvalue weighted by molar-refractivity contribution is 5.96. The zero-order valence-corrected chi connectivity index (χ0v) is 32.4. The van der Waals surface area contributed by atoms with Crippen molar-refractivity contribution in [1.29, 1.82) is 0 Å². The Morgan fingerprint density at radius 2 is 1.02 bits per heavy atom. The van der Waals surface area contributed by atoms with E-state index in [1.54, 1.807) is 36.4 Å². The van der Waals surface area contributed by atoms with Crippen molar-refractivity contribution < 1.29 is 33.9 Å². The second-order valence-corrected chi connectivity index (χ2v) is 14.5. The Hall–Kier alpha value is -7.08. The van der Waals surface area contributed by atoms with E-state index in [9.17, 15) is 33.9 Å². The van der Waals surface area contributed by atoms with E-state index in [-0.39, 0.29) is 38.6 Å². The summed E-state index contributed by atoms with van der Waals surface area (Å²) in [6.07, 6.45) is 0.481. The molecule has 5 amide bonds. The molecule has 2 bridgehead atoms. The van der Waals surface area contributed by atoms with Crippen LogP contribution in [0.3, 0.4) is 0 Å². The molecule has 6 N–H and O–H groups in total. The number of fused-ring (bicyclic) bond motifs is 18. The van der Waals surface area contributed by atoms with Crippen molar-refractivity contribution in [3.05, 3.63) is 167 Å². The van der Waals surface area contributed by atoms with Crippen LogP contribution < -0.4 is 26.6 Å². The smallest absolute Gasteiger partial charge is 0.326 e. The topological polar surface area (TPSA) is 183 Å². The third kappa shape index (κ3) is 12.2. The number of aryl methyl sites for hydroxylation is 1. The lowest BCUT2D eigenvalue weighted by atomic mass is 9.98. The first-order valence-electron chi connectivity index (χ1n) is 19.6. The van der Waals surface area contributed by atoms with E-state index in [1.807, 2.05) is 91.0 Å². The van der Waals surface area contributed by atoms with E-state index < -0.39 is 59.7 Å². The molecule has 59 heavy (non-hydrogen) atoms. The third-order valence-corrected chi connectivity index (χ3v) is 10.2. The van der Waals surface area contributed by atoms with Crippen LogP contribution in [-0.4, -0.2) is 71.3 Å². The molecule has 302 valence electrons. The maximum Gasteiger partial charge on any atom is 0.326 e. The van der Waals surface area contributed by atoms with Gasteiger partial charge >= 0.3 is 5.97 Å². The maximum atomic E-state index is 14.4. The zero-order chi connectivity index (χ0) is 41.6. The van der Waals surface area contributed by atoms with Crippen LogP contribution in [0.4, 0.5) is 0 Å². The average Bonchev–Trinajstić information content (AvgIpc) is 3.25. The molecule has 7 rings (SSSR count). The molecule has 2 aliphatic heterocycles. The van der Waals surface area contributed by atoms with E-state index >= 15 is 0 Å². The number of nitrogens with one attached hydrogen (secondary N) is 5. The SMILES string of the molecule is O=C1CCNC(=O)c2ccc(cc2)C[C@@H](C(=O)O)NC(=O)[C@H](Cc2ccccc2)NC(=O)[C@@H](Cc2ccc(-c3ccccc3)cc2)NC(=O)[C@@H](CCc2ccccc2)N1. The summed E-state index contributed by atoms with van der Waals surface area (Å²) >= 11 is 0. The Kier molecular flexibility index (Phi) is 14.3. The molecule has 12 heteroatoms. The number of hydrogen-bond acceptors (Lipinski definition) is 6. The summed E-state index contributed by atoms with van der Waals surface area (Å²) in [6.45, 7) is -0.0145. The van der Waals surface area contributed by atoms with Gasteiger partial charge in [-0.3, -0.25) is 24.0 Å². The molecule has 2 aliphatic rings. The Morgan fingerprint density at radius 1 is 0.525 bits per heavy atom. The number of carboxylic acids is 1. The van der Waals surface area contributed by atoms with Crippen LogP contribution in [0.1, 0.15) is 45.5 Å². The minimum Gasteiger partial charge on any atom is -0.480 e. The van der Waals surface area contributed by atoms with Crippen LogP contribution in [0.15, 0.2) is 140 Å². The number of carboxylic acid groups (broad SMARTS) is 1. The number of benzene rings is 5. The third-order valence-electron chi connectivity index (χ3n) is 10.2. The van der Waals surface area contributed by atoms with Crippen LogP contribution in [0.2, 0.25) is 0 Å². The van der Waals surface area contributed by atoms with Gasteiger partial charge in [-0.2, -0.15) is 0 Å². The van der Waals surface area contributed by atoms with E-state index in [4.69, 9.17) is 0 Å². The fraction of sp³-hybridized carbons (Fsp3) is 0.234. The van der Waals surface area contributed by atoms with Gasteiger partial charge in [-0.1, -0.05) is 127 Å². The summed E-state index contributed by atoms with van der Waals surface area (Å²) in [7, 11) is 0. The monoisotopic (exact) mass is 793 g/mol. The minimum absolute atomic E-state index is 0.0145. The summed E-state index contributed by atoms with van der Waals surface area (Å²) in [6, 6.07) is 37.2. The van der Waals surface area contributed by atoms with Gasteiger partial charge in [0.15, 0.2) is 0 Å². The molecule has 0 aliphatic carbocycles. The second kappa shape index (κ2) is 20.4. The van der Waals surface area contributed by atoms with Gasteiger partial charge in [0.05, 0.1) is 0 Å². The number of aliphatic carboxylic acids is 1. The first-order chi connectivity index (χ1) is 28.6. The summed E-state index contributed by atoms with van der Waals surface area (Å²) in [5.41, 5.74) is 5.17. The number of hydrogen-bond donors (Lipinski definition) is 6. The fourth-order valence-corrected chi connectivity index (χ4v) is 6.90. The van der Waals surface area contributed by atoms with E-state index in [2.05, 4.69) is 26.6 Å². The molecule has 0 saturated heterocycles. The lowest BCUT2D eigenvalue weighted by Gasteiger charge is -2.26. The highest BCUT2D eigenvalue weighted by Gasteiger charge is 2.32. The highest BCUT2D eigenvalue weighted by atomic mass is 16.4. The molecule has 2 heterocycles. The van der Waals surface area contributed by atoms with Gasteiger partial charge in [0, 0.05) is 37.8 Å². The summed E-state index contributed by atoms with van der Waals surface area (Å²) in [5, 5.41) is 24.0. The van der Waals surface area contributed by atoms with Gasteiger partial charge in [0.2, 0.25) is 23.6 Å². The Bertz CT molecular complexity index is 2220. The van der Waals surface area contributed by atoms with Gasteiger partial charge in [-0.05, 0) is 58.4 Å². The molecular formula is C47H47N5O7. The summed E-state index contributed by atoms with van der Waals surface area (Å²) in [5.74, 6) is -4.22. The molecule has 0 fully saturated rings. The van der Waals surface area contributed by atoms with E-state index in [0.717, 1.165) is 22.3 Å². The van der Waals surface area contributed by atoms with Crippen molar-refractivity contribution >= 4 is 35.5 Å². The van der Waals surface area contributed by atoms with Gasteiger partial charge < -0.3 is 31.7 Å². The van der Waals surface area contributed by atoms with Crippen molar-refractivity contribution in [3.8, 4) is 11.1 Å². The number of amides is 5. The summed E-state index contributed by atoms with van der Waals surface area (Å²) < 4.78 is 0. The van der Waals surface area contributed by atoms with Crippen molar-refractivity contribution in [2.75, 3.05) is 6.54 Å². The van der Waals surface area contributed by atoms with Crippen LogP contribution in [0, 0.1) is 0 Å². The Morgan fingerprint density at radius 3 is 1.61 bits per heavy atom. The predicted molar refractivity (Wildman–Crippen MR) is 223 cm³/mol. The molecule has 0 aromatic heterocycles. The quantitative estimate of drug-likeness (QED) is 0.121. The van der Waals surface area contributed by atoms with Crippen molar-refractivity contribution in [3.63, 3.8) is 0 Å². The predicted octanol–water partition coefficient (Wildman–Crippen LogP) is 4.17. The standard InChI is InChI=1S/C47H47N5O7/c53-42-26-27-48-43(54)37-23-18-34(19-24-37)30-41(47(58)59)52-46(57)39(28-32-12-6-2-7-13-32)51-45(56)40(29-33-16-21-36(22-17-33)35-14-8-3-9-15-35)50-44(55)38(49-42)25-20-31-10-4-1-5-11-31/h1-19,21-24,38-41H,20,25-30H2,(H,48,54)(H,49,53)(H,50,55)(H,51,56)(H,52,57)(H,58,59)/t38-,39+,40-,41+/m1/s1. The largest absolute Gasteiger partial charge is 0.480 e. The normalized spacial score (nSPS) is 19.6. The first kappa shape index (κ1) is 41.6. The molecule has 12 nitrogen and oxygen atoms in total. The van der Waals surface area contributed by atoms with E-state index in [1.165, 1.54) is 12.1 Å². The molecule has 5 aromatic rings. The van der Waals surface area contributed by atoms with Gasteiger partial charge in [-0.25, -0.2) is 4.79 Å². The van der Waals surface area contributed by atoms with Crippen LogP contribution in [0.25, 0.3) is 11.1 Å². The van der Waals surface area contributed by atoms with E-state index in [0.29, 0.717) is 23.1 Å².